The van der Waals surface area contributed by atoms with Gasteiger partial charge in [-0.3, -0.25) is 9.59 Å². The Balaban J connectivity index is 2.49. The van der Waals surface area contributed by atoms with Crippen LogP contribution in [0.2, 0.25) is 0 Å². The second kappa shape index (κ2) is 7.39. The molecular weight excluding hydrogens is 230 g/mol. The van der Waals surface area contributed by atoms with Crippen LogP contribution < -0.4 is 0 Å². The minimum atomic E-state index is -0.216. The lowest BCUT2D eigenvalue weighted by Gasteiger charge is -2.35. The Morgan fingerprint density at radius 1 is 1.33 bits per heavy atom. The van der Waals surface area contributed by atoms with Crippen molar-refractivity contribution in [3.05, 3.63) is 0 Å². The summed E-state index contributed by atoms with van der Waals surface area (Å²) in [6.07, 6.45) is 4.39. The highest BCUT2D eigenvalue weighted by atomic mass is 16.5. The maximum Gasteiger partial charge on any atom is 0.307 e. The van der Waals surface area contributed by atoms with Gasteiger partial charge in [0.25, 0.3) is 0 Å². The van der Waals surface area contributed by atoms with E-state index in [1.165, 1.54) is 0 Å². The monoisotopic (exact) mass is 255 g/mol. The van der Waals surface area contributed by atoms with Crippen LogP contribution >= 0.6 is 0 Å². The Hall–Kier alpha value is -1.06. The molecule has 4 nitrogen and oxygen atoms in total. The number of rotatable bonds is 7. The summed E-state index contributed by atoms with van der Waals surface area (Å²) in [4.78, 5) is 25.5. The van der Waals surface area contributed by atoms with Crippen LogP contribution in [0, 0.1) is 5.92 Å². The van der Waals surface area contributed by atoms with Crippen LogP contribution in [0.3, 0.4) is 0 Å². The average molecular weight is 255 g/mol. The Labute approximate surface area is 110 Å². The van der Waals surface area contributed by atoms with E-state index in [0.29, 0.717) is 19.6 Å². The van der Waals surface area contributed by atoms with Gasteiger partial charge in [0.05, 0.1) is 13.0 Å². The molecule has 0 aliphatic heterocycles. The first kappa shape index (κ1) is 15.0. The third-order valence-corrected chi connectivity index (χ3v) is 3.72. The van der Waals surface area contributed by atoms with Crippen LogP contribution in [-0.4, -0.2) is 36.0 Å². The minimum Gasteiger partial charge on any atom is -0.466 e. The first-order valence-corrected chi connectivity index (χ1v) is 7.06. The van der Waals surface area contributed by atoms with Gasteiger partial charge in [-0.1, -0.05) is 13.3 Å². The Kier molecular flexibility index (Phi) is 6.16. The van der Waals surface area contributed by atoms with Gasteiger partial charge in [0.15, 0.2) is 0 Å². The molecular formula is C14H25NO3. The van der Waals surface area contributed by atoms with E-state index in [1.54, 1.807) is 6.92 Å². The first-order chi connectivity index (χ1) is 8.60. The molecule has 4 heteroatoms. The van der Waals surface area contributed by atoms with E-state index < -0.39 is 0 Å². The molecule has 1 rings (SSSR count). The Bertz CT molecular complexity index is 287. The highest BCUT2D eigenvalue weighted by Gasteiger charge is 2.31. The van der Waals surface area contributed by atoms with E-state index in [0.717, 1.165) is 25.7 Å². The predicted molar refractivity (Wildman–Crippen MR) is 70.1 cm³/mol. The molecule has 18 heavy (non-hydrogen) atoms. The zero-order chi connectivity index (χ0) is 13.5. The third kappa shape index (κ3) is 4.00. The molecule has 1 amide bonds. The van der Waals surface area contributed by atoms with Gasteiger partial charge in [0.2, 0.25) is 5.91 Å². The van der Waals surface area contributed by atoms with Gasteiger partial charge in [-0.25, -0.2) is 0 Å². The van der Waals surface area contributed by atoms with Gasteiger partial charge < -0.3 is 9.64 Å². The summed E-state index contributed by atoms with van der Waals surface area (Å²) in [6.45, 7) is 6.80. The zero-order valence-electron chi connectivity index (χ0n) is 11.8. The van der Waals surface area contributed by atoms with Crippen molar-refractivity contribution in [2.75, 3.05) is 13.2 Å². The van der Waals surface area contributed by atoms with Crippen molar-refractivity contribution in [1.29, 1.82) is 0 Å². The number of hydrogen-bond donors (Lipinski definition) is 0. The number of ether oxygens (including phenoxy) is 1. The van der Waals surface area contributed by atoms with Crippen molar-refractivity contribution in [2.24, 2.45) is 5.92 Å². The van der Waals surface area contributed by atoms with Crippen LogP contribution in [0.1, 0.15) is 52.9 Å². The summed E-state index contributed by atoms with van der Waals surface area (Å²) in [5.41, 5.74) is 0. The van der Waals surface area contributed by atoms with Crippen LogP contribution in [-0.2, 0) is 14.3 Å². The van der Waals surface area contributed by atoms with Crippen molar-refractivity contribution in [2.45, 2.75) is 58.9 Å². The van der Waals surface area contributed by atoms with Crippen LogP contribution in [0.5, 0.6) is 0 Å². The summed E-state index contributed by atoms with van der Waals surface area (Å²) in [7, 11) is 0. The molecule has 0 saturated heterocycles. The average Bonchev–Trinajstić information content (AvgIpc) is 2.26. The lowest BCUT2D eigenvalue weighted by atomic mass is 9.84. The predicted octanol–water partition coefficient (Wildman–Crippen LogP) is 2.37. The summed E-state index contributed by atoms with van der Waals surface area (Å²) in [5, 5.41) is 0. The number of carbonyl (C=O) groups excluding carboxylic acids is 2. The molecule has 0 heterocycles. The SMILES string of the molecule is CCOC(=O)CCN(C(=O)C1CCC1)C(C)CC. The maximum atomic E-state index is 12.3. The topological polar surface area (TPSA) is 46.6 Å². The molecule has 1 atom stereocenters. The number of carbonyl (C=O) groups is 2. The van der Waals surface area contributed by atoms with Crippen molar-refractivity contribution in [1.82, 2.24) is 4.90 Å². The van der Waals surface area contributed by atoms with Crippen LogP contribution in [0.4, 0.5) is 0 Å². The molecule has 0 aromatic carbocycles. The molecule has 1 aliphatic carbocycles. The molecule has 0 radical (unpaired) electrons. The quantitative estimate of drug-likeness (QED) is 0.656. The lowest BCUT2D eigenvalue weighted by Crippen LogP contribution is -2.44. The molecule has 104 valence electrons. The summed E-state index contributed by atoms with van der Waals surface area (Å²) < 4.78 is 4.91. The summed E-state index contributed by atoms with van der Waals surface area (Å²) in [5.74, 6) is 0.202. The molecule has 1 saturated carbocycles. The summed E-state index contributed by atoms with van der Waals surface area (Å²) in [6, 6.07) is 0.201. The van der Waals surface area contributed by atoms with Crippen LogP contribution in [0.15, 0.2) is 0 Å². The van der Waals surface area contributed by atoms with Crippen molar-refractivity contribution >= 4 is 11.9 Å². The lowest BCUT2D eigenvalue weighted by molar-refractivity contribution is -0.146. The molecule has 1 fully saturated rings. The molecule has 0 bridgehead atoms. The smallest absolute Gasteiger partial charge is 0.307 e. The molecule has 0 aromatic heterocycles. The van der Waals surface area contributed by atoms with Gasteiger partial charge in [-0.05, 0) is 33.1 Å². The second-order valence-corrected chi connectivity index (χ2v) is 4.97. The van der Waals surface area contributed by atoms with E-state index in [1.807, 2.05) is 11.8 Å². The number of amides is 1. The molecule has 1 unspecified atom stereocenters. The fraction of sp³-hybridized carbons (Fsp3) is 0.857. The molecule has 0 spiro atoms. The molecule has 0 N–H and O–H groups in total. The van der Waals surface area contributed by atoms with Crippen molar-refractivity contribution in [3.63, 3.8) is 0 Å². The van der Waals surface area contributed by atoms with Crippen LogP contribution in [0.25, 0.3) is 0 Å². The zero-order valence-corrected chi connectivity index (χ0v) is 11.8. The first-order valence-electron chi connectivity index (χ1n) is 7.06. The minimum absolute atomic E-state index is 0.196. The normalized spacial score (nSPS) is 16.8. The van der Waals surface area contributed by atoms with Gasteiger partial charge in [0, 0.05) is 18.5 Å². The van der Waals surface area contributed by atoms with E-state index in [2.05, 4.69) is 6.92 Å². The van der Waals surface area contributed by atoms with Gasteiger partial charge in [0.1, 0.15) is 0 Å². The number of hydrogen-bond acceptors (Lipinski definition) is 3. The highest BCUT2D eigenvalue weighted by Crippen LogP contribution is 2.29. The Morgan fingerprint density at radius 3 is 2.44 bits per heavy atom. The number of esters is 1. The summed E-state index contributed by atoms with van der Waals surface area (Å²) >= 11 is 0. The van der Waals surface area contributed by atoms with Crippen molar-refractivity contribution in [3.8, 4) is 0 Å². The van der Waals surface area contributed by atoms with Gasteiger partial charge in [-0.2, -0.15) is 0 Å². The van der Waals surface area contributed by atoms with Crippen molar-refractivity contribution < 1.29 is 14.3 Å². The van der Waals surface area contributed by atoms with Gasteiger partial charge in [-0.15, -0.1) is 0 Å². The molecule has 0 aromatic rings. The van der Waals surface area contributed by atoms with E-state index >= 15 is 0 Å². The number of nitrogens with zero attached hydrogens (tertiary/aromatic N) is 1. The fourth-order valence-corrected chi connectivity index (χ4v) is 2.10. The highest BCUT2D eigenvalue weighted by molar-refractivity contribution is 5.80. The maximum absolute atomic E-state index is 12.3. The Morgan fingerprint density at radius 2 is 2.00 bits per heavy atom. The van der Waals surface area contributed by atoms with E-state index in [-0.39, 0.29) is 23.8 Å². The van der Waals surface area contributed by atoms with Gasteiger partial charge >= 0.3 is 5.97 Å². The fourth-order valence-electron chi connectivity index (χ4n) is 2.10. The largest absolute Gasteiger partial charge is 0.466 e. The standard InChI is InChI=1S/C14H25NO3/c1-4-11(3)15(10-9-13(16)18-5-2)14(17)12-7-6-8-12/h11-12H,4-10H2,1-3H3. The van der Waals surface area contributed by atoms with E-state index in [4.69, 9.17) is 4.74 Å². The molecule has 1 aliphatic rings. The van der Waals surface area contributed by atoms with E-state index in [9.17, 15) is 9.59 Å². The third-order valence-electron chi connectivity index (χ3n) is 3.72. The second-order valence-electron chi connectivity index (χ2n) is 4.97.